The number of hydrogen-bond acceptors (Lipinski definition) is 3. The van der Waals surface area contributed by atoms with Gasteiger partial charge in [0.1, 0.15) is 5.69 Å². The number of H-pyrrole nitrogens is 1. The Balaban J connectivity index is 2.02. The molecular weight excluding hydrogens is 202 g/mol. The molecule has 0 aliphatic heterocycles. The van der Waals surface area contributed by atoms with E-state index in [1.165, 1.54) is 0 Å². The summed E-state index contributed by atoms with van der Waals surface area (Å²) in [5.74, 6) is 0.828. The lowest BCUT2D eigenvalue weighted by Crippen LogP contribution is -2.13. The van der Waals surface area contributed by atoms with E-state index in [2.05, 4.69) is 27.3 Å². The van der Waals surface area contributed by atoms with Crippen LogP contribution in [0.25, 0.3) is 11.5 Å². The van der Waals surface area contributed by atoms with E-state index < -0.39 is 0 Å². The van der Waals surface area contributed by atoms with Crippen molar-refractivity contribution in [2.24, 2.45) is 7.05 Å². The summed E-state index contributed by atoms with van der Waals surface area (Å²) in [6.07, 6.45) is 4.90. The van der Waals surface area contributed by atoms with Gasteiger partial charge >= 0.3 is 0 Å². The molecule has 0 fully saturated rings. The molecule has 0 amide bonds. The summed E-state index contributed by atoms with van der Waals surface area (Å²) in [6, 6.07) is 1.95. The molecule has 0 radical (unpaired) electrons. The Morgan fingerprint density at radius 1 is 1.50 bits per heavy atom. The van der Waals surface area contributed by atoms with E-state index in [-0.39, 0.29) is 0 Å². The predicted molar refractivity (Wildman–Crippen MR) is 62.8 cm³/mol. The molecule has 0 unspecified atom stereocenters. The van der Waals surface area contributed by atoms with Crippen LogP contribution in [0.15, 0.2) is 18.5 Å². The minimum absolute atomic E-state index is 0.827. The SMILES string of the molecule is CCCNCc1cnc(-c2ccn(C)n2)[nH]1. The van der Waals surface area contributed by atoms with Crippen LogP contribution in [0.2, 0.25) is 0 Å². The van der Waals surface area contributed by atoms with E-state index in [1.807, 2.05) is 25.5 Å². The van der Waals surface area contributed by atoms with Crippen LogP contribution in [0.1, 0.15) is 19.0 Å². The third-order valence-electron chi connectivity index (χ3n) is 2.33. The van der Waals surface area contributed by atoms with Crippen molar-refractivity contribution in [2.75, 3.05) is 6.54 Å². The molecule has 2 rings (SSSR count). The Labute approximate surface area is 94.9 Å². The second kappa shape index (κ2) is 4.94. The summed E-state index contributed by atoms with van der Waals surface area (Å²) >= 11 is 0. The van der Waals surface area contributed by atoms with Gasteiger partial charge in [-0.3, -0.25) is 4.68 Å². The highest BCUT2D eigenvalue weighted by atomic mass is 15.3. The number of imidazole rings is 1. The van der Waals surface area contributed by atoms with Crippen molar-refractivity contribution in [2.45, 2.75) is 19.9 Å². The highest BCUT2D eigenvalue weighted by molar-refractivity contribution is 5.48. The van der Waals surface area contributed by atoms with Gasteiger partial charge in [0.05, 0.1) is 6.20 Å². The molecule has 0 aliphatic carbocycles. The summed E-state index contributed by atoms with van der Waals surface area (Å²) in [5, 5.41) is 7.62. The van der Waals surface area contributed by atoms with Crippen molar-refractivity contribution in [3.05, 3.63) is 24.2 Å². The highest BCUT2D eigenvalue weighted by Crippen LogP contribution is 2.11. The highest BCUT2D eigenvalue weighted by Gasteiger charge is 2.05. The quantitative estimate of drug-likeness (QED) is 0.745. The Morgan fingerprint density at radius 3 is 3.06 bits per heavy atom. The van der Waals surface area contributed by atoms with E-state index in [1.54, 1.807) is 4.68 Å². The molecule has 5 nitrogen and oxygen atoms in total. The fourth-order valence-corrected chi connectivity index (χ4v) is 1.52. The van der Waals surface area contributed by atoms with Gasteiger partial charge in [0.25, 0.3) is 0 Å². The standard InChI is InChI=1S/C11H17N5/c1-3-5-12-7-9-8-13-11(14-9)10-4-6-16(2)15-10/h4,6,8,12H,3,5,7H2,1-2H3,(H,13,14). The Morgan fingerprint density at radius 2 is 2.38 bits per heavy atom. The maximum Gasteiger partial charge on any atom is 0.158 e. The van der Waals surface area contributed by atoms with Gasteiger partial charge in [0.2, 0.25) is 0 Å². The van der Waals surface area contributed by atoms with Crippen LogP contribution in [0.3, 0.4) is 0 Å². The number of aromatic nitrogens is 4. The van der Waals surface area contributed by atoms with Crippen LogP contribution in [0, 0.1) is 0 Å². The van der Waals surface area contributed by atoms with E-state index in [9.17, 15) is 0 Å². The third-order valence-corrected chi connectivity index (χ3v) is 2.33. The van der Waals surface area contributed by atoms with Gasteiger partial charge in [-0.15, -0.1) is 0 Å². The van der Waals surface area contributed by atoms with E-state index >= 15 is 0 Å². The Kier molecular flexibility index (Phi) is 3.36. The zero-order chi connectivity index (χ0) is 11.4. The van der Waals surface area contributed by atoms with Crippen LogP contribution >= 0.6 is 0 Å². The van der Waals surface area contributed by atoms with Crippen LogP contribution < -0.4 is 5.32 Å². The molecule has 0 bridgehead atoms. The summed E-state index contributed by atoms with van der Waals surface area (Å²) in [5.41, 5.74) is 1.97. The Hall–Kier alpha value is -1.62. The summed E-state index contributed by atoms with van der Waals surface area (Å²) < 4.78 is 1.77. The molecule has 86 valence electrons. The van der Waals surface area contributed by atoms with E-state index in [4.69, 9.17) is 0 Å². The number of nitrogens with zero attached hydrogens (tertiary/aromatic N) is 3. The minimum Gasteiger partial charge on any atom is -0.339 e. The smallest absolute Gasteiger partial charge is 0.158 e. The number of aryl methyl sites for hydroxylation is 1. The second-order valence-electron chi connectivity index (χ2n) is 3.81. The fourth-order valence-electron chi connectivity index (χ4n) is 1.52. The molecule has 2 aromatic heterocycles. The predicted octanol–water partition coefficient (Wildman–Crippen LogP) is 1.31. The molecule has 0 spiro atoms. The zero-order valence-corrected chi connectivity index (χ0v) is 9.70. The zero-order valence-electron chi connectivity index (χ0n) is 9.70. The molecule has 5 heteroatoms. The van der Waals surface area contributed by atoms with Crippen molar-refractivity contribution in [1.82, 2.24) is 25.1 Å². The van der Waals surface area contributed by atoms with Crippen LogP contribution in [-0.4, -0.2) is 26.3 Å². The van der Waals surface area contributed by atoms with Crippen molar-refractivity contribution >= 4 is 0 Å². The molecule has 2 aromatic rings. The first-order chi connectivity index (χ1) is 7.79. The normalized spacial score (nSPS) is 10.9. The summed E-state index contributed by atoms with van der Waals surface area (Å²) in [6.45, 7) is 4.00. The lowest BCUT2D eigenvalue weighted by molar-refractivity contribution is 0.666. The third kappa shape index (κ3) is 2.49. The van der Waals surface area contributed by atoms with Gasteiger partial charge in [-0.2, -0.15) is 5.10 Å². The molecule has 0 saturated heterocycles. The van der Waals surface area contributed by atoms with Gasteiger partial charge in [-0.05, 0) is 19.0 Å². The molecule has 2 N–H and O–H groups in total. The van der Waals surface area contributed by atoms with Gasteiger partial charge in [-0.1, -0.05) is 6.92 Å². The van der Waals surface area contributed by atoms with Gasteiger partial charge in [0.15, 0.2) is 5.82 Å². The van der Waals surface area contributed by atoms with Crippen LogP contribution in [-0.2, 0) is 13.6 Å². The molecular formula is C11H17N5. The molecule has 0 atom stereocenters. The number of rotatable bonds is 5. The number of aromatic amines is 1. The van der Waals surface area contributed by atoms with Crippen molar-refractivity contribution in [1.29, 1.82) is 0 Å². The van der Waals surface area contributed by atoms with Gasteiger partial charge in [0, 0.05) is 25.5 Å². The first-order valence-corrected chi connectivity index (χ1v) is 5.54. The van der Waals surface area contributed by atoms with Crippen LogP contribution in [0.5, 0.6) is 0 Å². The first kappa shape index (κ1) is 10.9. The van der Waals surface area contributed by atoms with Gasteiger partial charge < -0.3 is 10.3 Å². The second-order valence-corrected chi connectivity index (χ2v) is 3.81. The Bertz CT molecular complexity index is 443. The van der Waals surface area contributed by atoms with Crippen molar-refractivity contribution in [3.8, 4) is 11.5 Å². The van der Waals surface area contributed by atoms with Crippen molar-refractivity contribution in [3.63, 3.8) is 0 Å². The van der Waals surface area contributed by atoms with Crippen LogP contribution in [0.4, 0.5) is 0 Å². The molecule has 2 heterocycles. The van der Waals surface area contributed by atoms with E-state index in [0.29, 0.717) is 0 Å². The molecule has 16 heavy (non-hydrogen) atoms. The average molecular weight is 219 g/mol. The number of hydrogen-bond donors (Lipinski definition) is 2. The minimum atomic E-state index is 0.827. The maximum absolute atomic E-state index is 4.31. The number of nitrogens with one attached hydrogen (secondary N) is 2. The average Bonchev–Trinajstić information content (AvgIpc) is 2.87. The van der Waals surface area contributed by atoms with E-state index in [0.717, 1.165) is 36.7 Å². The lowest BCUT2D eigenvalue weighted by atomic mass is 10.4. The van der Waals surface area contributed by atoms with Gasteiger partial charge in [-0.25, -0.2) is 4.98 Å². The first-order valence-electron chi connectivity index (χ1n) is 5.54. The monoisotopic (exact) mass is 219 g/mol. The molecule has 0 aromatic carbocycles. The fraction of sp³-hybridized carbons (Fsp3) is 0.455. The largest absolute Gasteiger partial charge is 0.339 e. The lowest BCUT2D eigenvalue weighted by Gasteiger charge is -1.98. The molecule has 0 aliphatic rings. The summed E-state index contributed by atoms with van der Waals surface area (Å²) in [7, 11) is 1.90. The maximum atomic E-state index is 4.31. The van der Waals surface area contributed by atoms with Crippen molar-refractivity contribution < 1.29 is 0 Å². The molecule has 0 saturated carbocycles. The topological polar surface area (TPSA) is 58.5 Å². The summed E-state index contributed by atoms with van der Waals surface area (Å²) in [4.78, 5) is 7.56.